The third-order valence-electron chi connectivity index (χ3n) is 4.26. The van der Waals surface area contributed by atoms with Crippen molar-refractivity contribution >= 4 is 23.2 Å². The highest BCUT2D eigenvalue weighted by molar-refractivity contribution is 6.05. The SMILES string of the molecule is CCN(C(=O)c1cnc(Nc2ccc(OC(C)C)cc2)nc1)c1cccc(C)c1. The average molecular weight is 390 g/mol. The molecule has 1 amide bonds. The minimum absolute atomic E-state index is 0.125. The van der Waals surface area contributed by atoms with E-state index in [0.717, 1.165) is 22.7 Å². The second kappa shape index (κ2) is 9.19. The number of hydrogen-bond acceptors (Lipinski definition) is 5. The first-order valence-electron chi connectivity index (χ1n) is 9.70. The largest absolute Gasteiger partial charge is 0.491 e. The fraction of sp³-hybridized carbons (Fsp3) is 0.261. The van der Waals surface area contributed by atoms with E-state index in [0.29, 0.717) is 18.1 Å². The van der Waals surface area contributed by atoms with Gasteiger partial charge < -0.3 is 15.0 Å². The Labute approximate surface area is 171 Å². The highest BCUT2D eigenvalue weighted by Crippen LogP contribution is 2.20. The van der Waals surface area contributed by atoms with E-state index < -0.39 is 0 Å². The van der Waals surface area contributed by atoms with Crippen LogP contribution >= 0.6 is 0 Å². The Balaban J connectivity index is 1.69. The zero-order valence-corrected chi connectivity index (χ0v) is 17.2. The quantitative estimate of drug-likeness (QED) is 0.616. The predicted molar refractivity (Wildman–Crippen MR) is 116 cm³/mol. The maximum Gasteiger partial charge on any atom is 0.261 e. The van der Waals surface area contributed by atoms with Gasteiger partial charge in [-0.15, -0.1) is 0 Å². The van der Waals surface area contributed by atoms with Crippen LogP contribution in [0.2, 0.25) is 0 Å². The number of aryl methyl sites for hydroxylation is 1. The van der Waals surface area contributed by atoms with Crippen molar-refractivity contribution in [2.24, 2.45) is 0 Å². The molecule has 0 radical (unpaired) electrons. The van der Waals surface area contributed by atoms with Crippen LogP contribution in [0.3, 0.4) is 0 Å². The Morgan fingerprint density at radius 2 is 1.79 bits per heavy atom. The Morgan fingerprint density at radius 3 is 2.38 bits per heavy atom. The number of aromatic nitrogens is 2. The summed E-state index contributed by atoms with van der Waals surface area (Å²) in [5.74, 6) is 1.11. The fourth-order valence-electron chi connectivity index (χ4n) is 2.92. The summed E-state index contributed by atoms with van der Waals surface area (Å²) in [5, 5.41) is 3.13. The third-order valence-corrected chi connectivity index (χ3v) is 4.26. The second-order valence-corrected chi connectivity index (χ2v) is 7.00. The number of carbonyl (C=O) groups is 1. The molecule has 1 heterocycles. The molecule has 1 aromatic heterocycles. The van der Waals surface area contributed by atoms with Crippen molar-refractivity contribution in [3.8, 4) is 5.75 Å². The predicted octanol–water partition coefficient (Wildman–Crippen LogP) is 4.98. The van der Waals surface area contributed by atoms with E-state index in [4.69, 9.17) is 4.74 Å². The molecule has 0 saturated carbocycles. The molecule has 0 fully saturated rings. The molecule has 3 aromatic rings. The van der Waals surface area contributed by atoms with Gasteiger partial charge in [-0.2, -0.15) is 0 Å². The highest BCUT2D eigenvalue weighted by Gasteiger charge is 2.17. The summed E-state index contributed by atoms with van der Waals surface area (Å²) in [7, 11) is 0. The standard InChI is InChI=1S/C23H26N4O2/c1-5-27(20-8-6-7-17(4)13-20)22(28)18-14-24-23(25-15-18)26-19-9-11-21(12-10-19)29-16(2)3/h6-16H,5H2,1-4H3,(H,24,25,26). The lowest BCUT2D eigenvalue weighted by Crippen LogP contribution is -2.30. The van der Waals surface area contributed by atoms with Crippen molar-refractivity contribution in [2.45, 2.75) is 33.8 Å². The Kier molecular flexibility index (Phi) is 6.44. The zero-order valence-electron chi connectivity index (χ0n) is 17.2. The van der Waals surface area contributed by atoms with Gasteiger partial charge in [-0.3, -0.25) is 4.79 Å². The number of benzene rings is 2. The number of nitrogens with zero attached hydrogens (tertiary/aromatic N) is 3. The molecule has 0 aliphatic rings. The first-order valence-corrected chi connectivity index (χ1v) is 9.70. The number of ether oxygens (including phenoxy) is 1. The van der Waals surface area contributed by atoms with Crippen LogP contribution in [0.15, 0.2) is 60.9 Å². The zero-order chi connectivity index (χ0) is 20.8. The first-order chi connectivity index (χ1) is 14.0. The molecule has 150 valence electrons. The van der Waals surface area contributed by atoms with Crippen LogP contribution in [0.5, 0.6) is 5.75 Å². The Bertz CT molecular complexity index is 953. The van der Waals surface area contributed by atoms with Gasteiger partial charge in [0.1, 0.15) is 5.75 Å². The lowest BCUT2D eigenvalue weighted by atomic mass is 10.2. The second-order valence-electron chi connectivity index (χ2n) is 7.00. The molecular weight excluding hydrogens is 364 g/mol. The van der Waals surface area contributed by atoms with Crippen LogP contribution in [0.4, 0.5) is 17.3 Å². The Hall–Kier alpha value is -3.41. The van der Waals surface area contributed by atoms with Crippen LogP contribution in [-0.4, -0.2) is 28.5 Å². The monoisotopic (exact) mass is 390 g/mol. The maximum absolute atomic E-state index is 12.9. The number of carbonyl (C=O) groups excluding carboxylic acids is 1. The maximum atomic E-state index is 12.9. The summed E-state index contributed by atoms with van der Waals surface area (Å²) in [6, 6.07) is 15.5. The van der Waals surface area contributed by atoms with Crippen LogP contribution < -0.4 is 15.0 Å². The summed E-state index contributed by atoms with van der Waals surface area (Å²) in [6.45, 7) is 8.49. The van der Waals surface area contributed by atoms with Crippen LogP contribution in [-0.2, 0) is 0 Å². The van der Waals surface area contributed by atoms with Crippen molar-refractivity contribution < 1.29 is 9.53 Å². The molecular formula is C23H26N4O2. The molecule has 6 nitrogen and oxygen atoms in total. The third kappa shape index (κ3) is 5.31. The van der Waals surface area contributed by atoms with Gasteiger partial charge in [0.25, 0.3) is 5.91 Å². The summed E-state index contributed by atoms with van der Waals surface area (Å²) in [6.07, 6.45) is 3.23. The van der Waals surface area contributed by atoms with E-state index in [9.17, 15) is 4.79 Å². The fourth-order valence-corrected chi connectivity index (χ4v) is 2.92. The molecule has 6 heteroatoms. The smallest absolute Gasteiger partial charge is 0.261 e. The van der Waals surface area contributed by atoms with Gasteiger partial charge in [-0.05, 0) is 69.7 Å². The van der Waals surface area contributed by atoms with E-state index in [2.05, 4.69) is 15.3 Å². The molecule has 2 aromatic carbocycles. The van der Waals surface area contributed by atoms with Gasteiger partial charge in [-0.1, -0.05) is 12.1 Å². The number of anilines is 3. The van der Waals surface area contributed by atoms with Crippen molar-refractivity contribution in [3.63, 3.8) is 0 Å². The highest BCUT2D eigenvalue weighted by atomic mass is 16.5. The number of nitrogens with one attached hydrogen (secondary N) is 1. The molecule has 29 heavy (non-hydrogen) atoms. The molecule has 0 bridgehead atoms. The first kappa shape index (κ1) is 20.3. The molecule has 0 atom stereocenters. The van der Waals surface area contributed by atoms with Crippen LogP contribution in [0.25, 0.3) is 0 Å². The minimum Gasteiger partial charge on any atom is -0.491 e. The molecule has 3 rings (SSSR count). The number of hydrogen-bond donors (Lipinski definition) is 1. The lowest BCUT2D eigenvalue weighted by molar-refractivity contribution is 0.0987. The van der Waals surface area contributed by atoms with E-state index in [-0.39, 0.29) is 12.0 Å². The normalized spacial score (nSPS) is 10.7. The van der Waals surface area contributed by atoms with Gasteiger partial charge in [0.2, 0.25) is 5.95 Å². The topological polar surface area (TPSA) is 67.4 Å². The van der Waals surface area contributed by atoms with Crippen molar-refractivity contribution in [2.75, 3.05) is 16.8 Å². The van der Waals surface area contributed by atoms with E-state index in [1.807, 2.05) is 76.2 Å². The van der Waals surface area contributed by atoms with Gasteiger partial charge in [0, 0.05) is 30.3 Å². The van der Waals surface area contributed by atoms with Gasteiger partial charge in [0.15, 0.2) is 0 Å². The summed E-state index contributed by atoms with van der Waals surface area (Å²) < 4.78 is 5.64. The van der Waals surface area contributed by atoms with Crippen LogP contribution in [0.1, 0.15) is 36.7 Å². The summed E-state index contributed by atoms with van der Waals surface area (Å²) >= 11 is 0. The van der Waals surface area contributed by atoms with Crippen molar-refractivity contribution in [1.29, 1.82) is 0 Å². The van der Waals surface area contributed by atoms with E-state index in [1.54, 1.807) is 17.3 Å². The van der Waals surface area contributed by atoms with E-state index >= 15 is 0 Å². The van der Waals surface area contributed by atoms with Gasteiger partial charge in [-0.25, -0.2) is 9.97 Å². The molecule has 0 unspecified atom stereocenters. The summed E-state index contributed by atoms with van der Waals surface area (Å²) in [4.78, 5) is 23.2. The Morgan fingerprint density at radius 1 is 1.10 bits per heavy atom. The molecule has 0 aliphatic carbocycles. The van der Waals surface area contributed by atoms with Crippen molar-refractivity contribution in [3.05, 3.63) is 72.1 Å². The molecule has 1 N–H and O–H groups in total. The average Bonchev–Trinajstić information content (AvgIpc) is 2.70. The number of rotatable bonds is 7. The molecule has 0 saturated heterocycles. The number of amides is 1. The van der Waals surface area contributed by atoms with Crippen LogP contribution in [0, 0.1) is 6.92 Å². The van der Waals surface area contributed by atoms with Crippen molar-refractivity contribution in [1.82, 2.24) is 9.97 Å². The molecule has 0 aliphatic heterocycles. The van der Waals surface area contributed by atoms with E-state index in [1.165, 1.54) is 0 Å². The van der Waals surface area contributed by atoms with Gasteiger partial charge in [0.05, 0.1) is 11.7 Å². The summed E-state index contributed by atoms with van der Waals surface area (Å²) in [5.41, 5.74) is 3.26. The minimum atomic E-state index is -0.125. The molecule has 0 spiro atoms. The lowest BCUT2D eigenvalue weighted by Gasteiger charge is -2.21. The van der Waals surface area contributed by atoms with Gasteiger partial charge >= 0.3 is 0 Å².